The van der Waals surface area contributed by atoms with Crippen LogP contribution in [0.15, 0.2) is 30.3 Å². The van der Waals surface area contributed by atoms with E-state index in [0.717, 1.165) is 17.0 Å². The van der Waals surface area contributed by atoms with Gasteiger partial charge in [0.1, 0.15) is 0 Å². The summed E-state index contributed by atoms with van der Waals surface area (Å²) in [6.07, 6.45) is 1.39. The van der Waals surface area contributed by atoms with Gasteiger partial charge in [0.2, 0.25) is 11.8 Å². The number of carbonyl (C=O) groups excluding carboxylic acids is 2. The van der Waals surface area contributed by atoms with Crippen molar-refractivity contribution in [3.05, 3.63) is 46.5 Å². The second-order valence-corrected chi connectivity index (χ2v) is 7.40. The van der Waals surface area contributed by atoms with E-state index < -0.39 is 0 Å². The summed E-state index contributed by atoms with van der Waals surface area (Å²) in [5.74, 6) is 0.292. The Morgan fingerprint density at radius 1 is 1.36 bits per heavy atom. The number of benzene rings is 1. The molecule has 3 rings (SSSR count). The molecule has 1 aliphatic heterocycles. The minimum Gasteiger partial charge on any atom is -0.339 e. The molecule has 0 unspecified atom stereocenters. The topological polar surface area (TPSA) is 66.4 Å². The first-order valence-electron chi connectivity index (χ1n) is 8.36. The average molecular weight is 358 g/mol. The van der Waals surface area contributed by atoms with E-state index in [1.165, 1.54) is 17.1 Å². The molecule has 0 bridgehead atoms. The van der Waals surface area contributed by atoms with E-state index in [4.69, 9.17) is 0 Å². The molecule has 6 nitrogen and oxygen atoms in total. The van der Waals surface area contributed by atoms with E-state index in [-0.39, 0.29) is 24.3 Å². The minimum absolute atomic E-state index is 0.0542. The van der Waals surface area contributed by atoms with Gasteiger partial charge in [-0.15, -0.1) is 5.10 Å². The van der Waals surface area contributed by atoms with Crippen molar-refractivity contribution in [2.45, 2.75) is 26.3 Å². The van der Waals surface area contributed by atoms with Gasteiger partial charge in [0.25, 0.3) is 0 Å². The van der Waals surface area contributed by atoms with Crippen LogP contribution in [0.3, 0.4) is 0 Å². The molecular weight excluding hydrogens is 336 g/mol. The molecule has 0 spiro atoms. The summed E-state index contributed by atoms with van der Waals surface area (Å²) in [6.45, 7) is 3.16. The van der Waals surface area contributed by atoms with E-state index in [0.29, 0.717) is 19.5 Å². The first kappa shape index (κ1) is 17.5. The standard InChI is InChI=1S/C18H22N4O2S/c1-13-16(25-20-19-13)11-21(2)18(24)12-22-10-15(9-17(22)23)8-14-6-4-3-5-7-14/h3-7,15H,8-12H2,1-2H3/t15-/m0/s1. The number of hydrogen-bond acceptors (Lipinski definition) is 5. The van der Waals surface area contributed by atoms with E-state index in [2.05, 4.69) is 21.7 Å². The van der Waals surface area contributed by atoms with Gasteiger partial charge >= 0.3 is 0 Å². The Bertz CT molecular complexity index is 747. The van der Waals surface area contributed by atoms with Crippen molar-refractivity contribution in [2.24, 2.45) is 5.92 Å². The maximum absolute atomic E-state index is 12.4. The Morgan fingerprint density at radius 3 is 2.80 bits per heavy atom. The summed E-state index contributed by atoms with van der Waals surface area (Å²) in [6, 6.07) is 10.2. The number of likely N-dealkylation sites (N-methyl/N-ethyl adjacent to an activating group) is 1. The number of aryl methyl sites for hydroxylation is 1. The van der Waals surface area contributed by atoms with Crippen LogP contribution in [0.1, 0.15) is 22.6 Å². The summed E-state index contributed by atoms with van der Waals surface area (Å²) in [4.78, 5) is 29.0. The number of nitrogens with zero attached hydrogens (tertiary/aromatic N) is 4. The largest absolute Gasteiger partial charge is 0.339 e. The van der Waals surface area contributed by atoms with Crippen molar-refractivity contribution in [2.75, 3.05) is 20.1 Å². The highest BCUT2D eigenvalue weighted by Crippen LogP contribution is 2.22. The van der Waals surface area contributed by atoms with Crippen molar-refractivity contribution in [1.29, 1.82) is 0 Å². The van der Waals surface area contributed by atoms with E-state index in [9.17, 15) is 9.59 Å². The van der Waals surface area contributed by atoms with Gasteiger partial charge in [-0.2, -0.15) is 0 Å². The summed E-state index contributed by atoms with van der Waals surface area (Å²) in [5.41, 5.74) is 2.09. The van der Waals surface area contributed by atoms with Gasteiger partial charge in [-0.3, -0.25) is 9.59 Å². The summed E-state index contributed by atoms with van der Waals surface area (Å²) in [5, 5.41) is 3.96. The fraction of sp³-hybridized carbons (Fsp3) is 0.444. The van der Waals surface area contributed by atoms with Gasteiger partial charge in [0, 0.05) is 20.0 Å². The number of carbonyl (C=O) groups is 2. The van der Waals surface area contributed by atoms with E-state index in [1.54, 1.807) is 16.8 Å². The Balaban J connectivity index is 1.53. The summed E-state index contributed by atoms with van der Waals surface area (Å²) >= 11 is 1.30. The second-order valence-electron chi connectivity index (χ2n) is 6.57. The molecule has 0 N–H and O–H groups in total. The smallest absolute Gasteiger partial charge is 0.242 e. The van der Waals surface area contributed by atoms with Crippen LogP contribution in [0.2, 0.25) is 0 Å². The van der Waals surface area contributed by atoms with Crippen molar-refractivity contribution in [3.8, 4) is 0 Å². The molecule has 1 aromatic heterocycles. The van der Waals surface area contributed by atoms with Crippen LogP contribution in [-0.2, 0) is 22.6 Å². The molecule has 2 aromatic rings. The first-order valence-corrected chi connectivity index (χ1v) is 9.13. The van der Waals surface area contributed by atoms with Gasteiger partial charge in [-0.05, 0) is 36.4 Å². The van der Waals surface area contributed by atoms with Gasteiger partial charge in [0.05, 0.1) is 23.7 Å². The number of aromatic nitrogens is 2. The lowest BCUT2D eigenvalue weighted by atomic mass is 9.99. The lowest BCUT2D eigenvalue weighted by molar-refractivity contribution is -0.137. The van der Waals surface area contributed by atoms with Gasteiger partial charge in [0.15, 0.2) is 0 Å². The Morgan fingerprint density at radius 2 is 2.12 bits per heavy atom. The van der Waals surface area contributed by atoms with E-state index >= 15 is 0 Å². The van der Waals surface area contributed by atoms with Crippen LogP contribution in [0.25, 0.3) is 0 Å². The lowest BCUT2D eigenvalue weighted by Crippen LogP contribution is -2.38. The van der Waals surface area contributed by atoms with Gasteiger partial charge < -0.3 is 9.80 Å². The third kappa shape index (κ3) is 4.42. The number of rotatable bonds is 6. The van der Waals surface area contributed by atoms with Crippen molar-refractivity contribution >= 4 is 23.3 Å². The summed E-state index contributed by atoms with van der Waals surface area (Å²) < 4.78 is 3.89. The highest BCUT2D eigenvalue weighted by molar-refractivity contribution is 7.05. The van der Waals surface area contributed by atoms with Gasteiger partial charge in [-0.25, -0.2) is 0 Å². The first-order chi connectivity index (χ1) is 12.0. The molecule has 1 aromatic carbocycles. The third-order valence-electron chi connectivity index (χ3n) is 4.54. The fourth-order valence-electron chi connectivity index (χ4n) is 3.07. The number of amides is 2. The van der Waals surface area contributed by atoms with Crippen LogP contribution in [0, 0.1) is 12.8 Å². The zero-order chi connectivity index (χ0) is 17.8. The molecule has 132 valence electrons. The molecule has 1 fully saturated rings. The zero-order valence-corrected chi connectivity index (χ0v) is 15.3. The van der Waals surface area contributed by atoms with Crippen molar-refractivity contribution < 1.29 is 9.59 Å². The number of hydrogen-bond donors (Lipinski definition) is 0. The highest BCUT2D eigenvalue weighted by Gasteiger charge is 2.31. The van der Waals surface area contributed by atoms with Crippen molar-refractivity contribution in [1.82, 2.24) is 19.4 Å². The zero-order valence-electron chi connectivity index (χ0n) is 14.5. The van der Waals surface area contributed by atoms with Crippen LogP contribution in [-0.4, -0.2) is 51.3 Å². The highest BCUT2D eigenvalue weighted by atomic mass is 32.1. The maximum Gasteiger partial charge on any atom is 0.242 e. The van der Waals surface area contributed by atoms with Crippen LogP contribution < -0.4 is 0 Å². The molecule has 1 atom stereocenters. The normalized spacial score (nSPS) is 17.1. The van der Waals surface area contributed by atoms with Crippen LogP contribution >= 0.6 is 11.5 Å². The molecule has 7 heteroatoms. The van der Waals surface area contributed by atoms with Gasteiger partial charge in [-0.1, -0.05) is 34.8 Å². The lowest BCUT2D eigenvalue weighted by Gasteiger charge is -2.21. The van der Waals surface area contributed by atoms with E-state index in [1.807, 2.05) is 25.1 Å². The molecule has 0 aliphatic carbocycles. The second kappa shape index (κ2) is 7.74. The van der Waals surface area contributed by atoms with Crippen LogP contribution in [0.4, 0.5) is 0 Å². The maximum atomic E-state index is 12.4. The SMILES string of the molecule is Cc1nnsc1CN(C)C(=O)CN1C[C@@H](Cc2ccccc2)CC1=O. The monoisotopic (exact) mass is 358 g/mol. The third-order valence-corrected chi connectivity index (χ3v) is 5.35. The predicted octanol–water partition coefficient (Wildman–Crippen LogP) is 1.90. The minimum atomic E-state index is -0.0542. The quantitative estimate of drug-likeness (QED) is 0.791. The Labute approximate surface area is 151 Å². The predicted molar refractivity (Wildman–Crippen MR) is 96.0 cm³/mol. The fourth-order valence-corrected chi connectivity index (χ4v) is 3.76. The Hall–Kier alpha value is -2.28. The van der Waals surface area contributed by atoms with Crippen molar-refractivity contribution in [3.63, 3.8) is 0 Å². The molecule has 1 saturated heterocycles. The summed E-state index contributed by atoms with van der Waals surface area (Å²) in [7, 11) is 1.75. The average Bonchev–Trinajstić information content (AvgIpc) is 3.14. The molecule has 0 radical (unpaired) electrons. The molecular formula is C18H22N4O2S. The van der Waals surface area contributed by atoms with Crippen LogP contribution in [0.5, 0.6) is 0 Å². The molecule has 0 saturated carbocycles. The Kier molecular flexibility index (Phi) is 5.43. The number of likely N-dealkylation sites (tertiary alicyclic amines) is 1. The molecule has 25 heavy (non-hydrogen) atoms. The molecule has 2 heterocycles. The molecule has 1 aliphatic rings. The molecule has 2 amide bonds.